The van der Waals surface area contributed by atoms with Crippen LogP contribution in [0, 0.1) is 0 Å². The van der Waals surface area contributed by atoms with Crippen LogP contribution in [-0.4, -0.2) is 37.7 Å². The van der Waals surface area contributed by atoms with Gasteiger partial charge in [-0.15, -0.1) is 0 Å². The van der Waals surface area contributed by atoms with Crippen molar-refractivity contribution in [1.29, 1.82) is 0 Å². The maximum atomic E-state index is 12.3. The first-order valence-electron chi connectivity index (χ1n) is 7.05. The number of rotatable bonds is 4. The molecule has 4 nitrogen and oxygen atoms in total. The summed E-state index contributed by atoms with van der Waals surface area (Å²) in [4.78, 5) is 0. The summed E-state index contributed by atoms with van der Waals surface area (Å²) in [7, 11) is -3.00. The van der Waals surface area contributed by atoms with Crippen molar-refractivity contribution in [1.82, 2.24) is 0 Å². The van der Waals surface area contributed by atoms with Crippen LogP contribution in [0.15, 0.2) is 0 Å². The van der Waals surface area contributed by atoms with Gasteiger partial charge in [-0.05, 0) is 39.0 Å². The highest BCUT2D eigenvalue weighted by atomic mass is 32.2. The van der Waals surface area contributed by atoms with Crippen molar-refractivity contribution in [2.24, 2.45) is 5.73 Å². The number of nitrogens with two attached hydrogens (primary N) is 1. The first-order chi connectivity index (χ1) is 8.44. The van der Waals surface area contributed by atoms with E-state index >= 15 is 0 Å². The largest absolute Gasteiger partial charge is 0.375 e. The second-order valence-corrected chi connectivity index (χ2v) is 8.39. The molecule has 1 aliphatic heterocycles. The molecule has 2 rings (SSSR count). The first-order valence-corrected chi connectivity index (χ1v) is 8.76. The lowest BCUT2D eigenvalue weighted by atomic mass is 9.92. The molecular weight excluding hydrogens is 250 g/mol. The number of ether oxygens (including phenoxy) is 1. The number of hydrogen-bond acceptors (Lipinski definition) is 4. The molecule has 0 amide bonds. The summed E-state index contributed by atoms with van der Waals surface area (Å²) >= 11 is 0. The van der Waals surface area contributed by atoms with E-state index in [4.69, 9.17) is 10.5 Å². The van der Waals surface area contributed by atoms with Crippen LogP contribution < -0.4 is 5.73 Å². The minimum atomic E-state index is -3.00. The highest BCUT2D eigenvalue weighted by Gasteiger charge is 2.43. The molecule has 1 aliphatic carbocycles. The number of sulfone groups is 1. The van der Waals surface area contributed by atoms with Gasteiger partial charge >= 0.3 is 0 Å². The van der Waals surface area contributed by atoms with Gasteiger partial charge in [0.25, 0.3) is 0 Å². The minimum absolute atomic E-state index is 0.0416. The topological polar surface area (TPSA) is 69.4 Å². The molecule has 18 heavy (non-hydrogen) atoms. The van der Waals surface area contributed by atoms with Gasteiger partial charge in [-0.2, -0.15) is 0 Å². The van der Waals surface area contributed by atoms with E-state index < -0.39 is 9.84 Å². The first kappa shape index (κ1) is 14.3. The third kappa shape index (κ3) is 3.25. The SMILES string of the molecule is CC(N)CCS(=O)(=O)C1CCOC2(CCCC2)C1. The highest BCUT2D eigenvalue weighted by molar-refractivity contribution is 7.92. The van der Waals surface area contributed by atoms with Gasteiger partial charge in [0.1, 0.15) is 0 Å². The molecule has 0 bridgehead atoms. The molecule has 2 atom stereocenters. The lowest BCUT2D eigenvalue weighted by Gasteiger charge is -2.38. The summed E-state index contributed by atoms with van der Waals surface area (Å²) < 4.78 is 30.5. The highest BCUT2D eigenvalue weighted by Crippen LogP contribution is 2.41. The summed E-state index contributed by atoms with van der Waals surface area (Å²) in [6, 6.07) is -0.0416. The van der Waals surface area contributed by atoms with Crippen molar-refractivity contribution in [2.45, 2.75) is 68.8 Å². The van der Waals surface area contributed by atoms with Crippen molar-refractivity contribution in [3.8, 4) is 0 Å². The fraction of sp³-hybridized carbons (Fsp3) is 1.00. The van der Waals surface area contributed by atoms with Crippen molar-refractivity contribution < 1.29 is 13.2 Å². The van der Waals surface area contributed by atoms with Crippen LogP contribution in [0.2, 0.25) is 0 Å². The molecular formula is C13H25NO3S. The predicted molar refractivity (Wildman–Crippen MR) is 72.2 cm³/mol. The Hall–Kier alpha value is -0.130. The third-order valence-corrected chi connectivity index (χ3v) is 6.55. The van der Waals surface area contributed by atoms with Gasteiger partial charge in [0, 0.05) is 12.6 Å². The van der Waals surface area contributed by atoms with E-state index in [1.807, 2.05) is 6.92 Å². The van der Waals surface area contributed by atoms with Crippen molar-refractivity contribution >= 4 is 9.84 Å². The van der Waals surface area contributed by atoms with Crippen LogP contribution in [0.5, 0.6) is 0 Å². The summed E-state index contributed by atoms with van der Waals surface area (Å²) in [5.41, 5.74) is 5.53. The zero-order valence-corrected chi connectivity index (χ0v) is 12.0. The Bertz CT molecular complexity index is 372. The molecule has 1 heterocycles. The van der Waals surface area contributed by atoms with Crippen LogP contribution in [-0.2, 0) is 14.6 Å². The van der Waals surface area contributed by atoms with E-state index in [0.717, 1.165) is 12.8 Å². The molecule has 0 aromatic carbocycles. The van der Waals surface area contributed by atoms with Crippen molar-refractivity contribution in [3.05, 3.63) is 0 Å². The summed E-state index contributed by atoms with van der Waals surface area (Å²) in [6.07, 6.45) is 6.34. The smallest absolute Gasteiger partial charge is 0.153 e. The van der Waals surface area contributed by atoms with Gasteiger partial charge in [0.15, 0.2) is 9.84 Å². The lowest BCUT2D eigenvalue weighted by molar-refractivity contribution is -0.0713. The average molecular weight is 275 g/mol. The molecule has 2 fully saturated rings. The zero-order chi connectivity index (χ0) is 13.2. The molecule has 106 valence electrons. The standard InChI is InChI=1S/C13H25NO3S/c1-11(14)5-9-18(15,16)12-4-8-17-13(10-12)6-2-3-7-13/h11-12H,2-10,14H2,1H3. The molecule has 2 N–H and O–H groups in total. The summed E-state index contributed by atoms with van der Waals surface area (Å²) in [5, 5.41) is -0.205. The molecule has 1 saturated carbocycles. The van der Waals surface area contributed by atoms with Gasteiger partial charge in [0.2, 0.25) is 0 Å². The van der Waals surface area contributed by atoms with Crippen molar-refractivity contribution in [3.63, 3.8) is 0 Å². The fourth-order valence-electron chi connectivity index (χ4n) is 3.17. The third-order valence-electron chi connectivity index (χ3n) is 4.33. The molecule has 0 aromatic heterocycles. The Kier molecular flexibility index (Phi) is 4.34. The molecule has 1 spiro atoms. The van der Waals surface area contributed by atoms with Crippen LogP contribution in [0.4, 0.5) is 0 Å². The molecule has 2 unspecified atom stereocenters. The maximum absolute atomic E-state index is 12.3. The predicted octanol–water partition coefficient (Wildman–Crippen LogP) is 1.63. The lowest BCUT2D eigenvalue weighted by Crippen LogP contribution is -2.43. The Morgan fingerprint density at radius 1 is 1.39 bits per heavy atom. The van der Waals surface area contributed by atoms with E-state index in [-0.39, 0.29) is 22.6 Å². The monoisotopic (exact) mass is 275 g/mol. The molecule has 0 aromatic rings. The van der Waals surface area contributed by atoms with E-state index in [9.17, 15) is 8.42 Å². The molecule has 1 saturated heterocycles. The Morgan fingerprint density at radius 3 is 2.67 bits per heavy atom. The van der Waals surface area contributed by atoms with Gasteiger partial charge in [-0.3, -0.25) is 0 Å². The summed E-state index contributed by atoms with van der Waals surface area (Å²) in [5.74, 6) is 0.228. The van der Waals surface area contributed by atoms with E-state index in [1.54, 1.807) is 0 Å². The van der Waals surface area contributed by atoms with Crippen LogP contribution in [0.3, 0.4) is 0 Å². The fourth-order valence-corrected chi connectivity index (χ4v) is 5.22. The summed E-state index contributed by atoms with van der Waals surface area (Å²) in [6.45, 7) is 2.46. The second-order valence-electron chi connectivity index (χ2n) is 5.99. The second kappa shape index (κ2) is 5.47. The Labute approximate surface area is 110 Å². The Balaban J connectivity index is 1.99. The van der Waals surface area contributed by atoms with E-state index in [2.05, 4.69) is 0 Å². The van der Waals surface area contributed by atoms with Gasteiger partial charge in [-0.25, -0.2) is 8.42 Å². The Morgan fingerprint density at radius 2 is 2.06 bits per heavy atom. The van der Waals surface area contributed by atoms with E-state index in [1.165, 1.54) is 12.8 Å². The van der Waals surface area contributed by atoms with Crippen LogP contribution in [0.25, 0.3) is 0 Å². The zero-order valence-electron chi connectivity index (χ0n) is 11.2. The maximum Gasteiger partial charge on any atom is 0.153 e. The molecule has 0 radical (unpaired) electrons. The van der Waals surface area contributed by atoms with Crippen molar-refractivity contribution in [2.75, 3.05) is 12.4 Å². The van der Waals surface area contributed by atoms with Gasteiger partial charge < -0.3 is 10.5 Å². The van der Waals surface area contributed by atoms with Crippen LogP contribution in [0.1, 0.15) is 51.9 Å². The molecule has 5 heteroatoms. The minimum Gasteiger partial charge on any atom is -0.375 e. The average Bonchev–Trinajstić information content (AvgIpc) is 2.75. The number of hydrogen-bond donors (Lipinski definition) is 1. The van der Waals surface area contributed by atoms with Crippen LogP contribution >= 0.6 is 0 Å². The van der Waals surface area contributed by atoms with Gasteiger partial charge in [0.05, 0.1) is 16.6 Å². The normalized spacial score (nSPS) is 29.6. The van der Waals surface area contributed by atoms with Gasteiger partial charge in [-0.1, -0.05) is 12.8 Å². The molecule has 2 aliphatic rings. The van der Waals surface area contributed by atoms with E-state index in [0.29, 0.717) is 25.9 Å². The quantitative estimate of drug-likeness (QED) is 0.846.